The molecule has 132 valence electrons. The van der Waals surface area contributed by atoms with Crippen LogP contribution in [0.4, 0.5) is 0 Å². The van der Waals surface area contributed by atoms with E-state index in [-0.39, 0.29) is 0 Å². The van der Waals surface area contributed by atoms with E-state index in [0.717, 1.165) is 38.7 Å². The van der Waals surface area contributed by atoms with Gasteiger partial charge in [0.2, 0.25) is 0 Å². The third-order valence-electron chi connectivity index (χ3n) is 4.12. The zero-order chi connectivity index (χ0) is 18.1. The van der Waals surface area contributed by atoms with Crippen LogP contribution in [0.1, 0.15) is 11.1 Å². The van der Waals surface area contributed by atoms with Crippen molar-refractivity contribution in [1.82, 2.24) is 0 Å². The first kappa shape index (κ1) is 17.0. The van der Waals surface area contributed by atoms with Crippen LogP contribution in [0.3, 0.4) is 0 Å². The highest BCUT2D eigenvalue weighted by Gasteiger charge is 2.31. The Labute approximate surface area is 158 Å². The van der Waals surface area contributed by atoms with Gasteiger partial charge in [-0.1, -0.05) is 12.1 Å². The fourth-order valence-electron chi connectivity index (χ4n) is 2.72. The Morgan fingerprint density at radius 2 is 1.50 bits per heavy atom. The van der Waals surface area contributed by atoms with Crippen molar-refractivity contribution in [2.75, 3.05) is 14.2 Å². The molecule has 2 aliphatic rings. The number of hydrogen-bond acceptors (Lipinski definition) is 5. The largest absolute Gasteiger partial charge is 0.497 e. The summed E-state index contributed by atoms with van der Waals surface area (Å²) in [5.74, 6) is 2.23. The van der Waals surface area contributed by atoms with Gasteiger partial charge in [0.05, 0.1) is 34.5 Å². The quantitative estimate of drug-likeness (QED) is 0.425. The fourth-order valence-corrected chi connectivity index (χ4v) is 6.36. The molecule has 4 rings (SSSR count). The summed E-state index contributed by atoms with van der Waals surface area (Å²) in [7, 11) is 4.41. The summed E-state index contributed by atoms with van der Waals surface area (Å²) in [6, 6.07) is 15.4. The molecule has 0 aromatic heterocycles. The molecule has 0 bridgehead atoms. The van der Waals surface area contributed by atoms with Gasteiger partial charge in [0.1, 0.15) is 11.5 Å². The number of carbonyl (C=O) groups excluding carboxylic acids is 1. The molecule has 1 unspecified atom stereocenters. The van der Waals surface area contributed by atoms with Gasteiger partial charge in [0.25, 0.3) is 0 Å². The lowest BCUT2D eigenvalue weighted by atomic mass is 10.1. The summed E-state index contributed by atoms with van der Waals surface area (Å²) < 4.78 is 16.5. The summed E-state index contributed by atoms with van der Waals surface area (Å²) in [6.45, 7) is 0. The molecule has 0 amide bonds. The molecular weight excluding hydrogens is 368 g/mol. The Morgan fingerprint density at radius 3 is 2.04 bits per heavy atom. The second-order valence-electron chi connectivity index (χ2n) is 5.59. The molecule has 0 saturated heterocycles. The minimum absolute atomic E-state index is 0.500. The van der Waals surface area contributed by atoms with E-state index in [9.17, 15) is 4.79 Å². The summed E-state index contributed by atoms with van der Waals surface area (Å²) in [4.78, 5) is 13.8. The number of rotatable bonds is 5. The normalized spacial score (nSPS) is 18.3. The molecular formula is C20H16O4S2. The van der Waals surface area contributed by atoms with Gasteiger partial charge in [-0.05, 0) is 58.8 Å². The first-order chi connectivity index (χ1) is 12.7. The van der Waals surface area contributed by atoms with Crippen molar-refractivity contribution in [2.24, 2.45) is 0 Å². The molecule has 4 nitrogen and oxygen atoms in total. The number of ether oxygens (including phenoxy) is 2. The maximum atomic E-state index is 11.7. The molecule has 0 aliphatic carbocycles. The molecule has 2 heterocycles. The molecule has 0 spiro atoms. The molecule has 2 aliphatic heterocycles. The number of benzene rings is 2. The highest BCUT2D eigenvalue weighted by atomic mass is 33.1. The lowest BCUT2D eigenvalue weighted by Crippen LogP contribution is -1.98. The van der Waals surface area contributed by atoms with Gasteiger partial charge in [0, 0.05) is 10.5 Å². The van der Waals surface area contributed by atoms with Gasteiger partial charge in [-0.3, -0.25) is 4.79 Å². The van der Waals surface area contributed by atoms with E-state index in [2.05, 4.69) is 6.08 Å². The second kappa shape index (κ2) is 7.05. The van der Waals surface area contributed by atoms with Crippen molar-refractivity contribution in [2.45, 2.75) is 0 Å². The van der Waals surface area contributed by atoms with Crippen LogP contribution in [0, 0.1) is 0 Å². The number of allylic oxidation sites excluding steroid dienone is 2. The van der Waals surface area contributed by atoms with Crippen molar-refractivity contribution < 1.29 is 18.5 Å². The monoisotopic (exact) mass is 384 g/mol. The molecule has 26 heavy (non-hydrogen) atoms. The zero-order valence-electron chi connectivity index (χ0n) is 14.2. The van der Waals surface area contributed by atoms with Crippen molar-refractivity contribution >= 4 is 42.4 Å². The lowest BCUT2D eigenvalue weighted by Gasteiger charge is -2.10. The first-order valence-electron chi connectivity index (χ1n) is 7.91. The smallest absolute Gasteiger partial charge is 0.156 e. The van der Waals surface area contributed by atoms with E-state index < -0.39 is 9.80 Å². The average Bonchev–Trinajstić information content (AvgIpc) is 3.26. The third-order valence-corrected chi connectivity index (χ3v) is 7.56. The zero-order valence-corrected chi connectivity index (χ0v) is 15.9. The van der Waals surface area contributed by atoms with Gasteiger partial charge in [-0.25, -0.2) is 0 Å². The van der Waals surface area contributed by atoms with Crippen LogP contribution >= 0.6 is 20.6 Å². The van der Waals surface area contributed by atoms with Crippen molar-refractivity contribution in [3.8, 4) is 11.5 Å². The predicted octanol–water partition coefficient (Wildman–Crippen LogP) is 4.70. The van der Waals surface area contributed by atoms with Gasteiger partial charge in [0.15, 0.2) is 12.0 Å². The van der Waals surface area contributed by atoms with Crippen LogP contribution in [0.2, 0.25) is 0 Å². The van der Waals surface area contributed by atoms with Crippen LogP contribution < -0.4 is 9.47 Å². The summed E-state index contributed by atoms with van der Waals surface area (Å²) in [5, 5.41) is 0. The van der Waals surface area contributed by atoms with Crippen molar-refractivity contribution in [1.29, 1.82) is 0 Å². The molecule has 6 heteroatoms. The fraction of sp³-hybridized carbons (Fsp3) is 0.100. The highest BCUT2D eigenvalue weighted by Crippen LogP contribution is 2.56. The van der Waals surface area contributed by atoms with Crippen molar-refractivity contribution in [3.63, 3.8) is 0 Å². The van der Waals surface area contributed by atoms with Crippen LogP contribution in [-0.2, 0) is 8.98 Å². The topological polar surface area (TPSA) is 44.8 Å². The number of aldehydes is 1. The second-order valence-corrected chi connectivity index (χ2v) is 8.68. The SMILES string of the molecule is COc1ccc(C2=CC3=S(OC(c4ccc(OC)cc4)=C3C=O)S2)cc1. The van der Waals surface area contributed by atoms with Crippen LogP contribution in [0.5, 0.6) is 11.5 Å². The molecule has 0 N–H and O–H groups in total. The lowest BCUT2D eigenvalue weighted by molar-refractivity contribution is -0.104. The summed E-state index contributed by atoms with van der Waals surface area (Å²) >= 11 is 0. The molecule has 1 atom stereocenters. The molecule has 2 aromatic rings. The molecule has 2 aromatic carbocycles. The number of carbonyl (C=O) groups is 1. The average molecular weight is 384 g/mol. The molecule has 0 saturated carbocycles. The highest BCUT2D eigenvalue weighted by molar-refractivity contribution is 8.86. The number of hydrogen-bond donors (Lipinski definition) is 0. The van der Waals surface area contributed by atoms with E-state index >= 15 is 0 Å². The van der Waals surface area contributed by atoms with E-state index in [4.69, 9.17) is 13.7 Å². The maximum absolute atomic E-state index is 11.7. The van der Waals surface area contributed by atoms with Crippen LogP contribution in [0.25, 0.3) is 10.7 Å². The van der Waals surface area contributed by atoms with Crippen LogP contribution in [-0.4, -0.2) is 25.4 Å². The Morgan fingerprint density at radius 1 is 0.923 bits per heavy atom. The third kappa shape index (κ3) is 2.95. The minimum atomic E-state index is -0.500. The van der Waals surface area contributed by atoms with Gasteiger partial charge < -0.3 is 13.7 Å². The van der Waals surface area contributed by atoms with Crippen LogP contribution in [0.15, 0.2) is 60.2 Å². The van der Waals surface area contributed by atoms with Crippen molar-refractivity contribution in [3.05, 3.63) is 71.3 Å². The Balaban J connectivity index is 1.65. The maximum Gasteiger partial charge on any atom is 0.156 e. The van der Waals surface area contributed by atoms with Gasteiger partial charge in [-0.2, -0.15) is 0 Å². The van der Waals surface area contributed by atoms with E-state index in [0.29, 0.717) is 11.3 Å². The summed E-state index contributed by atoms with van der Waals surface area (Å²) in [6.07, 6.45) is 2.94. The van der Waals surface area contributed by atoms with E-state index in [1.807, 2.05) is 48.5 Å². The van der Waals surface area contributed by atoms with Gasteiger partial charge >= 0.3 is 0 Å². The Hall–Kier alpha value is -2.44. The summed E-state index contributed by atoms with van der Waals surface area (Å²) in [5.41, 5.74) is 2.59. The first-order valence-corrected chi connectivity index (χ1v) is 10.4. The van der Waals surface area contributed by atoms with E-state index in [1.54, 1.807) is 25.0 Å². The molecule has 0 radical (unpaired) electrons. The Bertz CT molecular complexity index is 954. The predicted molar refractivity (Wildman–Crippen MR) is 108 cm³/mol. The molecule has 0 fully saturated rings. The minimum Gasteiger partial charge on any atom is -0.497 e. The number of methoxy groups -OCH3 is 2. The Kier molecular flexibility index (Phi) is 4.61. The van der Waals surface area contributed by atoms with Gasteiger partial charge in [-0.15, -0.1) is 0 Å². The van der Waals surface area contributed by atoms with E-state index in [1.165, 1.54) is 0 Å². The standard InChI is InChI=1S/C20H16O4S2/c1-22-15-7-3-13(4-8-15)18-11-19-17(12-21)20(24-26(19)25-18)14-5-9-16(23-2)10-6-14/h3-12H,1-2H3.